The van der Waals surface area contributed by atoms with Crippen molar-refractivity contribution in [1.82, 2.24) is 4.90 Å². The number of hydrogen-bond donors (Lipinski definition) is 0. The quantitative estimate of drug-likeness (QED) is 0.584. The molecule has 0 aliphatic heterocycles. The number of carbonyl (C=O) groups excluding carboxylic acids is 1. The van der Waals surface area contributed by atoms with E-state index in [1.54, 1.807) is 0 Å². The lowest BCUT2D eigenvalue weighted by atomic mass is 10.1. The van der Waals surface area contributed by atoms with Crippen LogP contribution in [0.2, 0.25) is 0 Å². The first-order chi connectivity index (χ1) is 5.56. The SMILES string of the molecule is CCOC(=O)CC(C)CN(C)C. The molecule has 0 saturated carbocycles. The zero-order valence-corrected chi connectivity index (χ0v) is 8.46. The number of carbonyl (C=O) groups is 1. The first kappa shape index (κ1) is 11.4. The van der Waals surface area contributed by atoms with Crippen molar-refractivity contribution in [2.45, 2.75) is 20.3 Å². The summed E-state index contributed by atoms with van der Waals surface area (Å²) in [6.07, 6.45) is 0.520. The van der Waals surface area contributed by atoms with Gasteiger partial charge in [0, 0.05) is 13.0 Å². The summed E-state index contributed by atoms with van der Waals surface area (Å²) in [4.78, 5) is 13.1. The Labute approximate surface area is 74.7 Å². The van der Waals surface area contributed by atoms with Gasteiger partial charge in [0.15, 0.2) is 0 Å². The Balaban J connectivity index is 3.54. The molecule has 0 aromatic carbocycles. The highest BCUT2D eigenvalue weighted by molar-refractivity contribution is 5.69. The zero-order chi connectivity index (χ0) is 9.56. The molecule has 0 fully saturated rings. The summed E-state index contributed by atoms with van der Waals surface area (Å²) >= 11 is 0. The van der Waals surface area contributed by atoms with Crippen molar-refractivity contribution in [3.05, 3.63) is 0 Å². The molecule has 1 unspecified atom stereocenters. The molecule has 0 aliphatic carbocycles. The average molecular weight is 173 g/mol. The van der Waals surface area contributed by atoms with Crippen molar-refractivity contribution in [3.63, 3.8) is 0 Å². The minimum absolute atomic E-state index is 0.0909. The summed E-state index contributed by atoms with van der Waals surface area (Å²) in [5.74, 6) is 0.283. The van der Waals surface area contributed by atoms with Crippen LogP contribution in [0.15, 0.2) is 0 Å². The lowest BCUT2D eigenvalue weighted by Crippen LogP contribution is -2.22. The van der Waals surface area contributed by atoms with Crippen LogP contribution in [0.4, 0.5) is 0 Å². The first-order valence-corrected chi connectivity index (χ1v) is 4.36. The lowest BCUT2D eigenvalue weighted by molar-refractivity contribution is -0.144. The van der Waals surface area contributed by atoms with Crippen molar-refractivity contribution in [2.24, 2.45) is 5.92 Å². The Morgan fingerprint density at radius 2 is 2.08 bits per heavy atom. The van der Waals surface area contributed by atoms with Crippen LogP contribution in [0.3, 0.4) is 0 Å². The van der Waals surface area contributed by atoms with Crippen LogP contribution in [0.25, 0.3) is 0 Å². The van der Waals surface area contributed by atoms with Crippen molar-refractivity contribution in [3.8, 4) is 0 Å². The molecule has 0 rings (SSSR count). The predicted molar refractivity (Wildman–Crippen MR) is 49.0 cm³/mol. The van der Waals surface area contributed by atoms with Gasteiger partial charge in [-0.15, -0.1) is 0 Å². The van der Waals surface area contributed by atoms with Crippen molar-refractivity contribution in [1.29, 1.82) is 0 Å². The van der Waals surface area contributed by atoms with E-state index in [-0.39, 0.29) is 5.97 Å². The normalized spacial score (nSPS) is 13.1. The highest BCUT2D eigenvalue weighted by atomic mass is 16.5. The van der Waals surface area contributed by atoms with Crippen LogP contribution >= 0.6 is 0 Å². The van der Waals surface area contributed by atoms with Crippen LogP contribution in [-0.4, -0.2) is 38.1 Å². The molecule has 0 heterocycles. The molecule has 72 valence electrons. The standard InChI is InChI=1S/C9H19NO2/c1-5-12-9(11)6-8(2)7-10(3)4/h8H,5-7H2,1-4H3. The number of esters is 1. The van der Waals surface area contributed by atoms with Gasteiger partial charge in [-0.2, -0.15) is 0 Å². The van der Waals surface area contributed by atoms with Crippen LogP contribution in [0.5, 0.6) is 0 Å². The summed E-state index contributed by atoms with van der Waals surface area (Å²) in [7, 11) is 4.00. The van der Waals surface area contributed by atoms with Crippen LogP contribution in [0.1, 0.15) is 20.3 Å². The molecule has 0 aliphatic rings. The molecule has 0 radical (unpaired) electrons. The Morgan fingerprint density at radius 1 is 1.50 bits per heavy atom. The van der Waals surface area contributed by atoms with Crippen molar-refractivity contribution in [2.75, 3.05) is 27.2 Å². The van der Waals surface area contributed by atoms with E-state index in [1.807, 2.05) is 21.0 Å². The molecule has 0 bridgehead atoms. The van der Waals surface area contributed by atoms with Crippen LogP contribution < -0.4 is 0 Å². The molecule has 0 spiro atoms. The van der Waals surface area contributed by atoms with E-state index in [2.05, 4.69) is 11.8 Å². The summed E-state index contributed by atoms with van der Waals surface area (Å²) in [5, 5.41) is 0. The zero-order valence-electron chi connectivity index (χ0n) is 8.46. The second-order valence-corrected chi connectivity index (χ2v) is 3.38. The minimum Gasteiger partial charge on any atom is -0.466 e. The van der Waals surface area contributed by atoms with E-state index < -0.39 is 0 Å². The molecule has 0 N–H and O–H groups in total. The average Bonchev–Trinajstić information content (AvgIpc) is 1.84. The third kappa shape index (κ3) is 6.16. The Kier molecular flexibility index (Phi) is 5.72. The second-order valence-electron chi connectivity index (χ2n) is 3.38. The Bertz CT molecular complexity index is 134. The monoisotopic (exact) mass is 173 g/mol. The van der Waals surface area contributed by atoms with E-state index >= 15 is 0 Å². The summed E-state index contributed by atoms with van der Waals surface area (Å²) in [5.41, 5.74) is 0. The third-order valence-corrected chi connectivity index (χ3v) is 1.50. The van der Waals surface area contributed by atoms with E-state index in [0.29, 0.717) is 18.9 Å². The fourth-order valence-electron chi connectivity index (χ4n) is 1.19. The van der Waals surface area contributed by atoms with Gasteiger partial charge in [0.25, 0.3) is 0 Å². The van der Waals surface area contributed by atoms with E-state index in [0.717, 1.165) is 6.54 Å². The summed E-state index contributed by atoms with van der Waals surface area (Å²) in [6, 6.07) is 0. The van der Waals surface area contributed by atoms with Crippen LogP contribution in [0, 0.1) is 5.92 Å². The van der Waals surface area contributed by atoms with Crippen molar-refractivity contribution >= 4 is 5.97 Å². The highest BCUT2D eigenvalue weighted by Crippen LogP contribution is 2.03. The fraction of sp³-hybridized carbons (Fsp3) is 0.889. The lowest BCUT2D eigenvalue weighted by Gasteiger charge is -2.15. The molecule has 1 atom stereocenters. The van der Waals surface area contributed by atoms with Gasteiger partial charge in [-0.05, 0) is 26.9 Å². The number of ether oxygens (including phenoxy) is 1. The van der Waals surface area contributed by atoms with Gasteiger partial charge in [0.1, 0.15) is 0 Å². The van der Waals surface area contributed by atoms with E-state index in [1.165, 1.54) is 0 Å². The topological polar surface area (TPSA) is 29.5 Å². The molecular weight excluding hydrogens is 154 g/mol. The van der Waals surface area contributed by atoms with Gasteiger partial charge in [0.2, 0.25) is 0 Å². The van der Waals surface area contributed by atoms with Crippen molar-refractivity contribution < 1.29 is 9.53 Å². The maximum Gasteiger partial charge on any atom is 0.306 e. The molecule has 0 saturated heterocycles. The third-order valence-electron chi connectivity index (χ3n) is 1.50. The molecule has 0 aromatic heterocycles. The first-order valence-electron chi connectivity index (χ1n) is 4.36. The van der Waals surface area contributed by atoms with Gasteiger partial charge >= 0.3 is 5.97 Å². The molecule has 3 heteroatoms. The van der Waals surface area contributed by atoms with Gasteiger partial charge in [-0.3, -0.25) is 4.79 Å². The predicted octanol–water partition coefficient (Wildman–Crippen LogP) is 1.14. The molecular formula is C9H19NO2. The van der Waals surface area contributed by atoms with Gasteiger partial charge in [0.05, 0.1) is 6.61 Å². The van der Waals surface area contributed by atoms with E-state index in [4.69, 9.17) is 4.74 Å². The van der Waals surface area contributed by atoms with Crippen LogP contribution in [-0.2, 0) is 9.53 Å². The Hall–Kier alpha value is -0.570. The number of hydrogen-bond acceptors (Lipinski definition) is 3. The minimum atomic E-state index is -0.0909. The second kappa shape index (κ2) is 6.00. The molecule has 12 heavy (non-hydrogen) atoms. The van der Waals surface area contributed by atoms with Gasteiger partial charge < -0.3 is 9.64 Å². The van der Waals surface area contributed by atoms with Gasteiger partial charge in [-0.25, -0.2) is 0 Å². The number of rotatable bonds is 5. The van der Waals surface area contributed by atoms with Gasteiger partial charge in [-0.1, -0.05) is 6.92 Å². The fourth-order valence-corrected chi connectivity index (χ4v) is 1.19. The number of nitrogens with zero attached hydrogens (tertiary/aromatic N) is 1. The molecule has 0 aromatic rings. The maximum atomic E-state index is 11.0. The smallest absolute Gasteiger partial charge is 0.306 e. The maximum absolute atomic E-state index is 11.0. The van der Waals surface area contributed by atoms with E-state index in [9.17, 15) is 4.79 Å². The highest BCUT2D eigenvalue weighted by Gasteiger charge is 2.09. The Morgan fingerprint density at radius 3 is 2.50 bits per heavy atom. The molecule has 0 amide bonds. The molecule has 3 nitrogen and oxygen atoms in total. The largest absolute Gasteiger partial charge is 0.466 e. The summed E-state index contributed by atoms with van der Waals surface area (Å²) in [6.45, 7) is 5.29. The summed E-state index contributed by atoms with van der Waals surface area (Å²) < 4.78 is 4.84.